The lowest BCUT2D eigenvalue weighted by Gasteiger charge is -2.06. The summed E-state index contributed by atoms with van der Waals surface area (Å²) >= 11 is 1.68. The Morgan fingerprint density at radius 3 is 3.00 bits per heavy atom. The molecule has 1 N–H and O–H groups in total. The molecule has 2 aromatic heterocycles. The van der Waals surface area contributed by atoms with Gasteiger partial charge < -0.3 is 19.3 Å². The highest BCUT2D eigenvalue weighted by Gasteiger charge is 2.23. The molecule has 3 heterocycles. The molecule has 0 aliphatic carbocycles. The molecule has 0 fully saturated rings. The summed E-state index contributed by atoms with van der Waals surface area (Å²) in [6.45, 7) is 2.52. The second-order valence-corrected chi connectivity index (χ2v) is 6.66. The highest BCUT2D eigenvalue weighted by Crippen LogP contribution is 2.37. The normalized spacial score (nSPS) is 12.4. The van der Waals surface area contributed by atoms with Crippen LogP contribution >= 0.6 is 11.3 Å². The average Bonchev–Trinajstić information content (AvgIpc) is 3.34. The SMILES string of the molecule is Cc1noc(-c2ccc3c(c2)OCO3)c1C(=O)NCCc1cccs1. The van der Waals surface area contributed by atoms with Crippen LogP contribution in [0, 0.1) is 6.92 Å². The zero-order chi connectivity index (χ0) is 17.2. The third kappa shape index (κ3) is 3.10. The molecule has 0 saturated carbocycles. The van der Waals surface area contributed by atoms with Gasteiger partial charge in [0.1, 0.15) is 5.56 Å². The van der Waals surface area contributed by atoms with Gasteiger partial charge in [-0.2, -0.15) is 0 Å². The Morgan fingerprint density at radius 2 is 2.16 bits per heavy atom. The molecule has 0 bridgehead atoms. The number of carbonyl (C=O) groups is 1. The zero-order valence-electron chi connectivity index (χ0n) is 13.6. The zero-order valence-corrected chi connectivity index (χ0v) is 14.4. The fourth-order valence-corrected chi connectivity index (χ4v) is 3.42. The molecule has 4 rings (SSSR count). The summed E-state index contributed by atoms with van der Waals surface area (Å²) < 4.78 is 16.1. The molecule has 1 aliphatic rings. The van der Waals surface area contributed by atoms with E-state index in [0.717, 1.165) is 12.0 Å². The lowest BCUT2D eigenvalue weighted by molar-refractivity contribution is 0.0954. The number of ether oxygens (including phenoxy) is 2. The van der Waals surface area contributed by atoms with Crippen LogP contribution in [0.25, 0.3) is 11.3 Å². The van der Waals surface area contributed by atoms with Crippen molar-refractivity contribution in [1.82, 2.24) is 10.5 Å². The highest BCUT2D eigenvalue weighted by molar-refractivity contribution is 7.09. The topological polar surface area (TPSA) is 73.6 Å². The van der Waals surface area contributed by atoms with Crippen molar-refractivity contribution in [3.8, 4) is 22.8 Å². The van der Waals surface area contributed by atoms with E-state index in [2.05, 4.69) is 16.5 Å². The monoisotopic (exact) mass is 356 g/mol. The van der Waals surface area contributed by atoms with Gasteiger partial charge in [-0.1, -0.05) is 11.2 Å². The smallest absolute Gasteiger partial charge is 0.257 e. The van der Waals surface area contributed by atoms with E-state index in [1.807, 2.05) is 17.5 Å². The number of thiophene rings is 1. The molecule has 0 unspecified atom stereocenters. The second-order valence-electron chi connectivity index (χ2n) is 5.63. The number of amides is 1. The molecular formula is C18H16N2O4S. The minimum absolute atomic E-state index is 0.192. The number of nitrogens with one attached hydrogen (secondary N) is 1. The van der Waals surface area contributed by atoms with Gasteiger partial charge in [0.05, 0.1) is 5.69 Å². The summed E-state index contributed by atoms with van der Waals surface area (Å²) in [6, 6.07) is 9.48. The van der Waals surface area contributed by atoms with Crippen molar-refractivity contribution in [2.24, 2.45) is 0 Å². The first kappa shape index (κ1) is 15.7. The predicted octanol–water partition coefficient (Wildman–Crippen LogP) is 3.41. The average molecular weight is 356 g/mol. The maximum Gasteiger partial charge on any atom is 0.257 e. The first-order valence-electron chi connectivity index (χ1n) is 7.89. The van der Waals surface area contributed by atoms with Crippen molar-refractivity contribution in [3.63, 3.8) is 0 Å². The molecule has 7 heteroatoms. The Labute approximate surface area is 148 Å². The van der Waals surface area contributed by atoms with Crippen LogP contribution in [0.15, 0.2) is 40.2 Å². The molecule has 1 amide bonds. The van der Waals surface area contributed by atoms with Gasteiger partial charge in [0.15, 0.2) is 17.3 Å². The Balaban J connectivity index is 1.54. The van der Waals surface area contributed by atoms with Crippen LogP contribution in [0.3, 0.4) is 0 Å². The molecule has 1 aromatic carbocycles. The lowest BCUT2D eigenvalue weighted by atomic mass is 10.1. The van der Waals surface area contributed by atoms with E-state index in [4.69, 9.17) is 14.0 Å². The van der Waals surface area contributed by atoms with Gasteiger partial charge in [-0.25, -0.2) is 0 Å². The van der Waals surface area contributed by atoms with Crippen molar-refractivity contribution < 1.29 is 18.8 Å². The number of rotatable bonds is 5. The molecule has 0 saturated heterocycles. The third-order valence-electron chi connectivity index (χ3n) is 3.96. The Kier molecular flexibility index (Phi) is 4.15. The maximum atomic E-state index is 12.6. The van der Waals surface area contributed by atoms with Crippen molar-refractivity contribution in [1.29, 1.82) is 0 Å². The summed E-state index contributed by atoms with van der Waals surface area (Å²) in [6.07, 6.45) is 0.799. The van der Waals surface area contributed by atoms with Crippen molar-refractivity contribution >= 4 is 17.2 Å². The van der Waals surface area contributed by atoms with E-state index in [1.165, 1.54) is 4.88 Å². The number of nitrogens with zero attached hydrogens (tertiary/aromatic N) is 1. The van der Waals surface area contributed by atoms with Gasteiger partial charge in [-0.3, -0.25) is 4.79 Å². The Morgan fingerprint density at radius 1 is 1.28 bits per heavy atom. The fourth-order valence-electron chi connectivity index (χ4n) is 2.71. The fraction of sp³-hybridized carbons (Fsp3) is 0.222. The number of fused-ring (bicyclic) bond motifs is 1. The van der Waals surface area contributed by atoms with Gasteiger partial charge in [0, 0.05) is 17.0 Å². The number of aromatic nitrogens is 1. The van der Waals surface area contributed by atoms with Crippen molar-refractivity contribution in [3.05, 3.63) is 51.8 Å². The molecule has 25 heavy (non-hydrogen) atoms. The van der Waals surface area contributed by atoms with E-state index in [1.54, 1.807) is 30.4 Å². The molecule has 0 spiro atoms. The molecule has 1 aliphatic heterocycles. The first-order chi connectivity index (χ1) is 12.2. The second kappa shape index (κ2) is 6.60. The summed E-state index contributed by atoms with van der Waals surface area (Å²) in [5.41, 5.74) is 1.74. The van der Waals surface area contributed by atoms with E-state index < -0.39 is 0 Å². The van der Waals surface area contributed by atoms with Crippen LogP contribution in [0.5, 0.6) is 11.5 Å². The van der Waals surface area contributed by atoms with Gasteiger partial charge >= 0.3 is 0 Å². The number of aryl methyl sites for hydroxylation is 1. The largest absolute Gasteiger partial charge is 0.454 e. The Hall–Kier alpha value is -2.80. The molecule has 128 valence electrons. The predicted molar refractivity (Wildman–Crippen MR) is 93.2 cm³/mol. The summed E-state index contributed by atoms with van der Waals surface area (Å²) in [7, 11) is 0. The van der Waals surface area contributed by atoms with E-state index >= 15 is 0 Å². The first-order valence-corrected chi connectivity index (χ1v) is 8.77. The van der Waals surface area contributed by atoms with E-state index in [-0.39, 0.29) is 12.7 Å². The lowest BCUT2D eigenvalue weighted by Crippen LogP contribution is -2.26. The van der Waals surface area contributed by atoms with Crippen LogP contribution in [-0.4, -0.2) is 24.4 Å². The molecular weight excluding hydrogens is 340 g/mol. The van der Waals surface area contributed by atoms with Crippen LogP contribution in [0.1, 0.15) is 20.9 Å². The van der Waals surface area contributed by atoms with Crippen LogP contribution < -0.4 is 14.8 Å². The van der Waals surface area contributed by atoms with Gasteiger partial charge in [-0.05, 0) is 43.0 Å². The highest BCUT2D eigenvalue weighted by atomic mass is 32.1. The van der Waals surface area contributed by atoms with E-state index in [9.17, 15) is 4.79 Å². The van der Waals surface area contributed by atoms with Crippen molar-refractivity contribution in [2.75, 3.05) is 13.3 Å². The molecule has 0 atom stereocenters. The number of hydrogen-bond acceptors (Lipinski definition) is 6. The number of hydrogen-bond donors (Lipinski definition) is 1. The summed E-state index contributed by atoms with van der Waals surface area (Å²) in [5.74, 6) is 1.56. The van der Waals surface area contributed by atoms with Gasteiger partial charge in [0.25, 0.3) is 5.91 Å². The number of benzene rings is 1. The van der Waals surface area contributed by atoms with Crippen molar-refractivity contribution in [2.45, 2.75) is 13.3 Å². The Bertz CT molecular complexity index is 902. The minimum Gasteiger partial charge on any atom is -0.454 e. The maximum absolute atomic E-state index is 12.6. The summed E-state index contributed by atoms with van der Waals surface area (Å²) in [4.78, 5) is 13.9. The van der Waals surface area contributed by atoms with Gasteiger partial charge in [0.2, 0.25) is 6.79 Å². The summed E-state index contributed by atoms with van der Waals surface area (Å²) in [5, 5.41) is 8.92. The van der Waals surface area contributed by atoms with Crippen LogP contribution in [0.4, 0.5) is 0 Å². The minimum atomic E-state index is -0.192. The number of carbonyl (C=O) groups excluding carboxylic acids is 1. The molecule has 6 nitrogen and oxygen atoms in total. The van der Waals surface area contributed by atoms with Gasteiger partial charge in [-0.15, -0.1) is 11.3 Å². The van der Waals surface area contributed by atoms with E-state index in [0.29, 0.717) is 35.1 Å². The quantitative estimate of drug-likeness (QED) is 0.758. The third-order valence-corrected chi connectivity index (χ3v) is 4.90. The molecule has 3 aromatic rings. The van der Waals surface area contributed by atoms with Crippen LogP contribution in [-0.2, 0) is 6.42 Å². The van der Waals surface area contributed by atoms with Crippen LogP contribution in [0.2, 0.25) is 0 Å². The molecule has 0 radical (unpaired) electrons. The standard InChI is InChI=1S/C18H16N2O4S/c1-11-16(18(21)19-7-6-13-3-2-8-25-13)17(24-20-11)12-4-5-14-15(9-12)23-10-22-14/h2-5,8-9H,6-7,10H2,1H3,(H,19,21).